The molecule has 1 aliphatic carbocycles. The average molecular weight is 456 g/mol. The number of pyridine rings is 1. The molecule has 1 aliphatic rings. The number of hydrogen-bond donors (Lipinski definition) is 1. The first-order valence-electron chi connectivity index (χ1n) is 11.1. The van der Waals surface area contributed by atoms with Gasteiger partial charge >= 0.3 is 0 Å². The van der Waals surface area contributed by atoms with Crippen LogP contribution in [0.25, 0.3) is 54.6 Å². The molecular formula is C29H17N3OS. The Morgan fingerprint density at radius 3 is 2.38 bits per heavy atom. The van der Waals surface area contributed by atoms with Crippen molar-refractivity contribution < 1.29 is 4.79 Å². The molecule has 2 heterocycles. The van der Waals surface area contributed by atoms with Crippen molar-refractivity contribution >= 4 is 44.1 Å². The third-order valence-corrected chi connectivity index (χ3v) is 7.29. The fourth-order valence-corrected chi connectivity index (χ4v) is 5.76. The van der Waals surface area contributed by atoms with Crippen LogP contribution in [0.1, 0.15) is 10.4 Å². The van der Waals surface area contributed by atoms with Gasteiger partial charge < -0.3 is 0 Å². The maximum absolute atomic E-state index is 13.5. The van der Waals surface area contributed by atoms with Gasteiger partial charge in [-0.3, -0.25) is 10.1 Å². The number of aromatic nitrogens is 2. The first-order chi connectivity index (χ1) is 16.8. The molecule has 1 N–H and O–H groups in total. The van der Waals surface area contributed by atoms with E-state index in [1.165, 1.54) is 27.7 Å². The van der Waals surface area contributed by atoms with Gasteiger partial charge in [0.25, 0.3) is 5.91 Å². The lowest BCUT2D eigenvalue weighted by Gasteiger charge is -2.10. The van der Waals surface area contributed by atoms with Crippen molar-refractivity contribution in [2.45, 2.75) is 0 Å². The Morgan fingerprint density at radius 1 is 0.765 bits per heavy atom. The monoisotopic (exact) mass is 455 g/mol. The highest BCUT2D eigenvalue weighted by atomic mass is 32.1. The molecule has 0 unspecified atom stereocenters. The summed E-state index contributed by atoms with van der Waals surface area (Å²) >= 11 is 1.52. The Morgan fingerprint density at radius 2 is 1.53 bits per heavy atom. The molecule has 0 aliphatic heterocycles. The summed E-state index contributed by atoms with van der Waals surface area (Å²) in [5.74, 6) is -0.185. The fraction of sp³-hybridized carbons (Fsp3) is 0. The minimum atomic E-state index is -0.185. The van der Waals surface area contributed by atoms with Gasteiger partial charge in [-0.25, -0.2) is 9.97 Å². The highest BCUT2D eigenvalue weighted by Gasteiger charge is 2.26. The molecule has 1 amide bonds. The van der Waals surface area contributed by atoms with Crippen LogP contribution in [0.4, 0.5) is 5.13 Å². The summed E-state index contributed by atoms with van der Waals surface area (Å²) in [4.78, 5) is 24.2. The summed E-state index contributed by atoms with van der Waals surface area (Å²) in [6.45, 7) is 0. The minimum Gasteiger partial charge on any atom is -0.298 e. The minimum absolute atomic E-state index is 0.185. The topological polar surface area (TPSA) is 54.9 Å². The zero-order valence-corrected chi connectivity index (χ0v) is 18.8. The van der Waals surface area contributed by atoms with E-state index in [9.17, 15) is 4.79 Å². The number of nitrogens with one attached hydrogen (secondary N) is 1. The van der Waals surface area contributed by atoms with Crippen molar-refractivity contribution in [3.63, 3.8) is 0 Å². The Kier molecular flexibility index (Phi) is 4.13. The van der Waals surface area contributed by atoms with Gasteiger partial charge in [0.2, 0.25) is 0 Å². The first kappa shape index (κ1) is 19.1. The molecule has 6 aromatic rings. The Balaban J connectivity index is 1.30. The van der Waals surface area contributed by atoms with Crippen molar-refractivity contribution in [1.82, 2.24) is 9.97 Å². The van der Waals surface area contributed by atoms with Crippen LogP contribution in [0.3, 0.4) is 0 Å². The van der Waals surface area contributed by atoms with Crippen molar-refractivity contribution in [2.75, 3.05) is 5.32 Å². The number of nitrogens with zero attached hydrogens (tertiary/aromatic N) is 2. The smallest absolute Gasteiger partial charge is 0.258 e. The van der Waals surface area contributed by atoms with Gasteiger partial charge in [-0.05, 0) is 22.9 Å². The molecule has 4 nitrogen and oxygen atoms in total. The van der Waals surface area contributed by atoms with Crippen molar-refractivity contribution in [3.05, 3.63) is 103 Å². The first-order valence-corrected chi connectivity index (χ1v) is 11.9. The van der Waals surface area contributed by atoms with Crippen LogP contribution in [0, 0.1) is 0 Å². The molecule has 0 saturated carbocycles. The quantitative estimate of drug-likeness (QED) is 0.302. The normalized spacial score (nSPS) is 11.6. The SMILES string of the molecule is O=C(Nc1nc2c(s1)-c1cccc3cccc-2c13)c1cc(-c2ccccc2)nc2ccccc12. The molecule has 160 valence electrons. The van der Waals surface area contributed by atoms with Gasteiger partial charge in [0.15, 0.2) is 5.13 Å². The van der Waals surface area contributed by atoms with Crippen LogP contribution < -0.4 is 5.32 Å². The van der Waals surface area contributed by atoms with Gasteiger partial charge in [0.05, 0.1) is 27.3 Å². The maximum atomic E-state index is 13.5. The van der Waals surface area contributed by atoms with E-state index in [0.717, 1.165) is 38.3 Å². The molecule has 0 atom stereocenters. The lowest BCUT2D eigenvalue weighted by atomic mass is 10.0. The highest BCUT2D eigenvalue weighted by Crippen LogP contribution is 2.50. The number of anilines is 1. The molecule has 4 aromatic carbocycles. The standard InChI is InChI=1S/C29H17N3OS/c33-28(22-16-24(17-8-2-1-3-9-17)30-23-15-5-4-12-19(22)23)32-29-31-26-20-13-6-10-18-11-7-14-21(25(18)20)27(26)34-29/h1-16H,(H,31,32,33). The predicted molar refractivity (Wildman–Crippen MR) is 139 cm³/mol. The molecule has 7 rings (SSSR count). The highest BCUT2D eigenvalue weighted by molar-refractivity contribution is 7.20. The van der Waals surface area contributed by atoms with Crippen LogP contribution >= 0.6 is 11.3 Å². The number of rotatable bonds is 3. The van der Waals surface area contributed by atoms with E-state index in [0.29, 0.717) is 10.7 Å². The Bertz CT molecular complexity index is 1700. The van der Waals surface area contributed by atoms with Crippen LogP contribution in [0.15, 0.2) is 97.1 Å². The van der Waals surface area contributed by atoms with E-state index in [2.05, 4.69) is 41.7 Å². The number of hydrogen-bond acceptors (Lipinski definition) is 4. The number of para-hydroxylation sites is 1. The lowest BCUT2D eigenvalue weighted by Crippen LogP contribution is -2.13. The largest absolute Gasteiger partial charge is 0.298 e. The van der Waals surface area contributed by atoms with Crippen LogP contribution in [-0.2, 0) is 0 Å². The summed E-state index contributed by atoms with van der Waals surface area (Å²) in [7, 11) is 0. The van der Waals surface area contributed by atoms with Crippen LogP contribution in [0.5, 0.6) is 0 Å². The maximum Gasteiger partial charge on any atom is 0.258 e. The van der Waals surface area contributed by atoms with Gasteiger partial charge in [-0.1, -0.05) is 96.3 Å². The number of fused-ring (bicyclic) bond motifs is 4. The van der Waals surface area contributed by atoms with Gasteiger partial charge in [0, 0.05) is 22.1 Å². The summed E-state index contributed by atoms with van der Waals surface area (Å²) in [5, 5.41) is 6.93. The molecule has 0 saturated heterocycles. The number of carbonyl (C=O) groups excluding carboxylic acids is 1. The zero-order valence-electron chi connectivity index (χ0n) is 17.9. The Hall–Kier alpha value is -4.35. The van der Waals surface area contributed by atoms with Crippen molar-refractivity contribution in [2.24, 2.45) is 0 Å². The molecule has 2 aromatic heterocycles. The van der Waals surface area contributed by atoms with E-state index >= 15 is 0 Å². The van der Waals surface area contributed by atoms with E-state index in [4.69, 9.17) is 9.97 Å². The van der Waals surface area contributed by atoms with Gasteiger partial charge in [-0.2, -0.15) is 0 Å². The lowest BCUT2D eigenvalue weighted by molar-refractivity contribution is 0.102. The van der Waals surface area contributed by atoms with E-state index in [1.807, 2.05) is 60.7 Å². The second kappa shape index (κ2) is 7.33. The van der Waals surface area contributed by atoms with Crippen LogP contribution in [-0.4, -0.2) is 15.9 Å². The molecule has 0 spiro atoms. The Labute approximate surface area is 199 Å². The van der Waals surface area contributed by atoms with E-state index in [-0.39, 0.29) is 5.91 Å². The summed E-state index contributed by atoms with van der Waals surface area (Å²) < 4.78 is 0. The number of amides is 1. The second-order valence-electron chi connectivity index (χ2n) is 8.30. The average Bonchev–Trinajstić information content (AvgIpc) is 3.43. The number of thiazole rings is 1. The molecular weight excluding hydrogens is 438 g/mol. The number of benzene rings is 4. The summed E-state index contributed by atoms with van der Waals surface area (Å²) in [6.07, 6.45) is 0. The number of carbonyl (C=O) groups is 1. The molecule has 5 heteroatoms. The van der Waals surface area contributed by atoms with E-state index in [1.54, 1.807) is 0 Å². The van der Waals surface area contributed by atoms with Crippen molar-refractivity contribution in [1.29, 1.82) is 0 Å². The fourth-order valence-electron chi connectivity index (χ4n) is 4.75. The summed E-state index contributed by atoms with van der Waals surface area (Å²) in [6, 6.07) is 32.1. The molecule has 0 radical (unpaired) electrons. The van der Waals surface area contributed by atoms with Gasteiger partial charge in [0.1, 0.15) is 0 Å². The van der Waals surface area contributed by atoms with Crippen molar-refractivity contribution in [3.8, 4) is 33.0 Å². The van der Waals surface area contributed by atoms with Gasteiger partial charge in [-0.15, -0.1) is 0 Å². The molecule has 34 heavy (non-hydrogen) atoms. The van der Waals surface area contributed by atoms with Crippen LogP contribution in [0.2, 0.25) is 0 Å². The third-order valence-electron chi connectivity index (χ3n) is 6.28. The third kappa shape index (κ3) is 2.87. The second-order valence-corrected chi connectivity index (χ2v) is 9.30. The summed E-state index contributed by atoms with van der Waals surface area (Å²) in [5.41, 5.74) is 6.37. The predicted octanol–water partition coefficient (Wildman–Crippen LogP) is 7.41. The molecule has 0 fully saturated rings. The van der Waals surface area contributed by atoms with E-state index < -0.39 is 0 Å². The molecule has 0 bridgehead atoms. The zero-order chi connectivity index (χ0) is 22.6.